The summed E-state index contributed by atoms with van der Waals surface area (Å²) in [4.78, 5) is 24.4. The maximum absolute atomic E-state index is 12.5. The van der Waals surface area contributed by atoms with Crippen molar-refractivity contribution in [1.82, 2.24) is 15.1 Å². The molecule has 0 spiro atoms. The van der Waals surface area contributed by atoms with Crippen molar-refractivity contribution in [3.8, 4) is 0 Å². The van der Waals surface area contributed by atoms with E-state index in [9.17, 15) is 9.59 Å². The molecular formula is C23H21N3O2. The Labute approximate surface area is 162 Å². The molecule has 4 aromatic rings. The smallest absolute Gasteiger partial charge is 0.222 e. The third kappa shape index (κ3) is 3.51. The van der Waals surface area contributed by atoms with Crippen LogP contribution in [0.3, 0.4) is 0 Å². The van der Waals surface area contributed by atoms with Gasteiger partial charge >= 0.3 is 0 Å². The van der Waals surface area contributed by atoms with Gasteiger partial charge in [-0.15, -0.1) is 0 Å². The van der Waals surface area contributed by atoms with Gasteiger partial charge < -0.3 is 5.32 Å². The van der Waals surface area contributed by atoms with Crippen LogP contribution in [-0.2, 0) is 11.3 Å². The van der Waals surface area contributed by atoms with Gasteiger partial charge in [0.05, 0.1) is 24.3 Å². The third-order valence-electron chi connectivity index (χ3n) is 4.98. The molecule has 0 radical (unpaired) electrons. The zero-order chi connectivity index (χ0) is 19.5. The molecule has 0 saturated carbocycles. The zero-order valence-electron chi connectivity index (χ0n) is 15.6. The molecule has 1 atom stereocenters. The molecule has 3 aromatic carbocycles. The molecule has 0 saturated heterocycles. The van der Waals surface area contributed by atoms with Gasteiger partial charge in [-0.1, -0.05) is 54.6 Å². The quantitative estimate of drug-likeness (QED) is 0.580. The highest BCUT2D eigenvalue weighted by Crippen LogP contribution is 2.24. The average Bonchev–Trinajstić information content (AvgIpc) is 2.73. The Morgan fingerprint density at radius 3 is 2.57 bits per heavy atom. The van der Waals surface area contributed by atoms with E-state index in [-0.39, 0.29) is 23.8 Å². The minimum atomic E-state index is -0.110. The Morgan fingerprint density at radius 2 is 1.71 bits per heavy atom. The topological polar surface area (TPSA) is 64.0 Å². The lowest BCUT2D eigenvalue weighted by Crippen LogP contribution is -2.28. The molecule has 0 aliphatic heterocycles. The van der Waals surface area contributed by atoms with Crippen LogP contribution in [0.25, 0.3) is 21.7 Å². The lowest BCUT2D eigenvalue weighted by atomic mass is 9.99. The number of carbonyl (C=O) groups is 1. The van der Waals surface area contributed by atoms with Gasteiger partial charge in [0.1, 0.15) is 0 Å². The number of benzene rings is 3. The number of rotatable bonds is 5. The van der Waals surface area contributed by atoms with Crippen molar-refractivity contribution in [3.63, 3.8) is 0 Å². The van der Waals surface area contributed by atoms with Gasteiger partial charge in [0.2, 0.25) is 11.3 Å². The van der Waals surface area contributed by atoms with Crippen molar-refractivity contribution < 1.29 is 4.79 Å². The number of para-hydroxylation sites is 1. The summed E-state index contributed by atoms with van der Waals surface area (Å²) in [5, 5.41) is 10.2. The standard InChI is InChI=1S/C23H21N3O2/c1-16(18-11-6-8-17-7-2-3-9-19(17)18)25-23(28)13-14-26-21-12-5-4-10-20(21)22(27)15-24-26/h2-12,15-16H,13-14H2,1H3,(H,25,28). The van der Waals surface area contributed by atoms with Gasteiger partial charge in [-0.05, 0) is 35.4 Å². The number of nitrogens with one attached hydrogen (secondary N) is 1. The van der Waals surface area contributed by atoms with Gasteiger partial charge in [0.25, 0.3) is 0 Å². The molecule has 0 fully saturated rings. The van der Waals surface area contributed by atoms with Crippen LogP contribution in [0.4, 0.5) is 0 Å². The number of carbonyl (C=O) groups excluding carboxylic acids is 1. The predicted octanol–water partition coefficient (Wildman–Crippen LogP) is 3.82. The minimum absolute atomic E-state index is 0.0509. The van der Waals surface area contributed by atoms with Crippen LogP contribution in [0.15, 0.2) is 77.7 Å². The number of fused-ring (bicyclic) bond motifs is 2. The van der Waals surface area contributed by atoms with Crippen molar-refractivity contribution in [2.45, 2.75) is 25.9 Å². The van der Waals surface area contributed by atoms with Crippen LogP contribution < -0.4 is 10.7 Å². The monoisotopic (exact) mass is 371 g/mol. The fourth-order valence-corrected chi connectivity index (χ4v) is 3.57. The first-order valence-electron chi connectivity index (χ1n) is 9.35. The lowest BCUT2D eigenvalue weighted by molar-refractivity contribution is -0.122. The second-order valence-electron chi connectivity index (χ2n) is 6.86. The van der Waals surface area contributed by atoms with E-state index in [0.29, 0.717) is 11.9 Å². The molecule has 5 nitrogen and oxygen atoms in total. The largest absolute Gasteiger partial charge is 0.350 e. The second kappa shape index (κ2) is 7.64. The van der Waals surface area contributed by atoms with Crippen molar-refractivity contribution in [1.29, 1.82) is 0 Å². The summed E-state index contributed by atoms with van der Waals surface area (Å²) in [7, 11) is 0. The number of hydrogen-bond acceptors (Lipinski definition) is 3. The minimum Gasteiger partial charge on any atom is -0.350 e. The van der Waals surface area contributed by atoms with Gasteiger partial charge in [0, 0.05) is 11.8 Å². The highest BCUT2D eigenvalue weighted by atomic mass is 16.1. The summed E-state index contributed by atoms with van der Waals surface area (Å²) in [6.07, 6.45) is 1.59. The Morgan fingerprint density at radius 1 is 1.00 bits per heavy atom. The summed E-state index contributed by atoms with van der Waals surface area (Å²) < 4.78 is 1.71. The molecule has 1 amide bonds. The third-order valence-corrected chi connectivity index (χ3v) is 4.98. The van der Waals surface area contributed by atoms with Crippen LogP contribution in [0, 0.1) is 0 Å². The highest BCUT2D eigenvalue weighted by molar-refractivity contribution is 5.87. The average molecular weight is 371 g/mol. The van der Waals surface area contributed by atoms with Gasteiger partial charge in [-0.2, -0.15) is 5.10 Å². The molecule has 1 unspecified atom stereocenters. The first-order valence-corrected chi connectivity index (χ1v) is 9.35. The SMILES string of the molecule is CC(NC(=O)CCn1ncc(=O)c2ccccc21)c1cccc2ccccc12. The van der Waals surface area contributed by atoms with Gasteiger partial charge in [-0.25, -0.2) is 0 Å². The molecule has 1 aromatic heterocycles. The number of hydrogen-bond donors (Lipinski definition) is 1. The Kier molecular flexibility index (Phi) is 4.89. The van der Waals surface area contributed by atoms with Crippen molar-refractivity contribution >= 4 is 27.6 Å². The Bertz CT molecular complexity index is 1210. The predicted molar refractivity (Wildman–Crippen MR) is 111 cm³/mol. The van der Waals surface area contributed by atoms with E-state index in [4.69, 9.17) is 0 Å². The fourth-order valence-electron chi connectivity index (χ4n) is 3.57. The van der Waals surface area contributed by atoms with Crippen LogP contribution in [0.5, 0.6) is 0 Å². The molecule has 28 heavy (non-hydrogen) atoms. The first kappa shape index (κ1) is 17.9. The molecular weight excluding hydrogens is 350 g/mol. The van der Waals surface area contributed by atoms with E-state index in [1.54, 1.807) is 10.7 Å². The lowest BCUT2D eigenvalue weighted by Gasteiger charge is -2.17. The molecule has 140 valence electrons. The highest BCUT2D eigenvalue weighted by Gasteiger charge is 2.13. The van der Waals surface area contributed by atoms with Gasteiger partial charge in [0.15, 0.2) is 0 Å². The Hall–Kier alpha value is -3.47. The maximum atomic E-state index is 12.5. The summed E-state index contributed by atoms with van der Waals surface area (Å²) in [6.45, 7) is 2.40. The van der Waals surface area contributed by atoms with E-state index in [2.05, 4.69) is 28.6 Å². The molecule has 4 rings (SSSR count). The molecule has 1 N–H and O–H groups in total. The summed E-state index contributed by atoms with van der Waals surface area (Å²) in [5.74, 6) is -0.0509. The van der Waals surface area contributed by atoms with Gasteiger partial charge in [-0.3, -0.25) is 14.3 Å². The number of aromatic nitrogens is 2. The molecule has 0 aliphatic carbocycles. The van der Waals surface area contributed by atoms with E-state index in [0.717, 1.165) is 21.9 Å². The Balaban J connectivity index is 1.48. The number of nitrogens with zero attached hydrogens (tertiary/aromatic N) is 2. The summed E-state index contributed by atoms with van der Waals surface area (Å²) >= 11 is 0. The van der Waals surface area contributed by atoms with Crippen LogP contribution >= 0.6 is 0 Å². The van der Waals surface area contributed by atoms with Crippen LogP contribution in [0.1, 0.15) is 24.9 Å². The number of aryl methyl sites for hydroxylation is 1. The molecule has 1 heterocycles. The van der Waals surface area contributed by atoms with Crippen molar-refractivity contribution in [2.24, 2.45) is 0 Å². The van der Waals surface area contributed by atoms with Crippen LogP contribution in [0.2, 0.25) is 0 Å². The van der Waals surface area contributed by atoms with Crippen LogP contribution in [-0.4, -0.2) is 15.7 Å². The second-order valence-corrected chi connectivity index (χ2v) is 6.86. The van der Waals surface area contributed by atoms with E-state index in [1.807, 2.05) is 49.4 Å². The maximum Gasteiger partial charge on any atom is 0.222 e. The normalized spacial score (nSPS) is 12.2. The molecule has 0 bridgehead atoms. The summed E-state index contributed by atoms with van der Waals surface area (Å²) in [5.41, 5.74) is 1.73. The van der Waals surface area contributed by atoms with E-state index >= 15 is 0 Å². The van der Waals surface area contributed by atoms with Crippen molar-refractivity contribution in [3.05, 3.63) is 88.7 Å². The molecule has 5 heteroatoms. The zero-order valence-corrected chi connectivity index (χ0v) is 15.6. The van der Waals surface area contributed by atoms with E-state index in [1.165, 1.54) is 6.20 Å². The van der Waals surface area contributed by atoms with E-state index < -0.39 is 0 Å². The molecule has 0 aliphatic rings. The summed E-state index contributed by atoms with van der Waals surface area (Å²) in [6, 6.07) is 21.5. The fraction of sp³-hybridized carbons (Fsp3) is 0.174. The number of amides is 1. The van der Waals surface area contributed by atoms with Crippen molar-refractivity contribution in [2.75, 3.05) is 0 Å². The first-order chi connectivity index (χ1) is 13.6.